The van der Waals surface area contributed by atoms with Gasteiger partial charge in [-0.3, -0.25) is 0 Å². The van der Waals surface area contributed by atoms with Crippen molar-refractivity contribution < 1.29 is 14.2 Å². The van der Waals surface area contributed by atoms with E-state index in [-0.39, 0.29) is 30.5 Å². The maximum atomic E-state index is 9.12. The molecular weight excluding hydrogens is 302 g/mol. The second-order valence-electron chi connectivity index (χ2n) is 6.43. The zero-order valence-corrected chi connectivity index (χ0v) is 14.1. The highest BCUT2D eigenvalue weighted by Crippen LogP contribution is 2.30. The fourth-order valence-corrected chi connectivity index (χ4v) is 3.39. The Morgan fingerprint density at radius 2 is 1.92 bits per heavy atom. The van der Waals surface area contributed by atoms with E-state index < -0.39 is 0 Å². The summed E-state index contributed by atoms with van der Waals surface area (Å²) < 4.78 is 18.3. The fourth-order valence-electron chi connectivity index (χ4n) is 3.39. The van der Waals surface area contributed by atoms with Crippen LogP contribution in [-0.4, -0.2) is 30.5 Å². The predicted molar refractivity (Wildman–Crippen MR) is 91.2 cm³/mol. The van der Waals surface area contributed by atoms with E-state index in [0.717, 1.165) is 19.3 Å². The molecule has 0 saturated carbocycles. The SMILES string of the molecule is CC[C@H]1O[C@H]2C[C@H](C#N)O[C@H]2C/C=C\C[C@H]1OCc1ccccc1. The summed E-state index contributed by atoms with van der Waals surface area (Å²) in [7, 11) is 0. The van der Waals surface area contributed by atoms with Crippen LogP contribution in [0.4, 0.5) is 0 Å². The monoisotopic (exact) mass is 327 g/mol. The third kappa shape index (κ3) is 4.24. The Bertz CT molecular complexity index is 580. The third-order valence-corrected chi connectivity index (χ3v) is 4.72. The number of benzene rings is 1. The highest BCUT2D eigenvalue weighted by atomic mass is 16.6. The first kappa shape index (κ1) is 17.2. The van der Waals surface area contributed by atoms with E-state index in [9.17, 15) is 0 Å². The first-order chi connectivity index (χ1) is 11.8. The van der Waals surface area contributed by atoms with Gasteiger partial charge in [0.15, 0.2) is 0 Å². The molecule has 1 aromatic rings. The molecule has 4 nitrogen and oxygen atoms in total. The number of ether oxygens (including phenoxy) is 3. The topological polar surface area (TPSA) is 51.5 Å². The quantitative estimate of drug-likeness (QED) is 0.790. The maximum Gasteiger partial charge on any atom is 0.147 e. The van der Waals surface area contributed by atoms with Crippen LogP contribution in [0.3, 0.4) is 0 Å². The van der Waals surface area contributed by atoms with Gasteiger partial charge in [-0.15, -0.1) is 0 Å². The summed E-state index contributed by atoms with van der Waals surface area (Å²) in [6.45, 7) is 2.71. The molecule has 0 radical (unpaired) electrons. The molecule has 2 heterocycles. The van der Waals surface area contributed by atoms with Crippen molar-refractivity contribution in [3.8, 4) is 6.07 Å². The van der Waals surface area contributed by atoms with E-state index in [1.807, 2.05) is 18.2 Å². The molecule has 0 bridgehead atoms. The second-order valence-corrected chi connectivity index (χ2v) is 6.43. The lowest BCUT2D eigenvalue weighted by Gasteiger charge is -2.29. The highest BCUT2D eigenvalue weighted by molar-refractivity contribution is 5.13. The normalized spacial score (nSPS) is 34.4. The Hall–Kier alpha value is -1.67. The summed E-state index contributed by atoms with van der Waals surface area (Å²) in [5.41, 5.74) is 1.17. The molecule has 2 aliphatic heterocycles. The molecular formula is C20H25NO3. The summed E-state index contributed by atoms with van der Waals surface area (Å²) in [5, 5.41) is 9.12. The van der Waals surface area contributed by atoms with Gasteiger partial charge in [-0.2, -0.15) is 5.26 Å². The number of nitrogens with zero attached hydrogens (tertiary/aromatic N) is 1. The van der Waals surface area contributed by atoms with Crippen LogP contribution in [0.2, 0.25) is 0 Å². The van der Waals surface area contributed by atoms with E-state index in [2.05, 4.69) is 37.3 Å². The van der Waals surface area contributed by atoms with Crippen LogP contribution < -0.4 is 0 Å². The minimum Gasteiger partial charge on any atom is -0.371 e. The van der Waals surface area contributed by atoms with Gasteiger partial charge in [0.1, 0.15) is 6.10 Å². The Labute approximate surface area is 144 Å². The molecule has 0 aromatic heterocycles. The largest absolute Gasteiger partial charge is 0.371 e. The lowest BCUT2D eigenvalue weighted by Crippen LogP contribution is -2.36. The molecule has 0 spiro atoms. The minimum atomic E-state index is -0.353. The third-order valence-electron chi connectivity index (χ3n) is 4.72. The number of rotatable bonds is 4. The van der Waals surface area contributed by atoms with Gasteiger partial charge >= 0.3 is 0 Å². The van der Waals surface area contributed by atoms with Crippen LogP contribution in [0.1, 0.15) is 38.2 Å². The van der Waals surface area contributed by atoms with Crippen LogP contribution >= 0.6 is 0 Å². The standard InChI is InChI=1S/C20H25NO3/c1-2-17-18(22-14-15-8-4-3-5-9-15)10-6-7-11-19-20(24-17)12-16(13-21)23-19/h3-9,16-20H,2,10-12,14H2,1H3/b7-6-/t16-,17-,18-,19+,20+/m1/s1. The van der Waals surface area contributed by atoms with Gasteiger partial charge in [0.25, 0.3) is 0 Å². The molecule has 1 fully saturated rings. The average molecular weight is 327 g/mol. The zero-order chi connectivity index (χ0) is 16.8. The van der Waals surface area contributed by atoms with Crippen molar-refractivity contribution in [1.29, 1.82) is 5.26 Å². The van der Waals surface area contributed by atoms with Gasteiger partial charge in [-0.05, 0) is 24.8 Å². The second kappa shape index (κ2) is 8.43. The summed E-state index contributed by atoms with van der Waals surface area (Å²) in [4.78, 5) is 0. The van der Waals surface area contributed by atoms with Crippen molar-refractivity contribution in [1.82, 2.24) is 0 Å². The first-order valence-electron chi connectivity index (χ1n) is 8.81. The smallest absolute Gasteiger partial charge is 0.147 e. The van der Waals surface area contributed by atoms with E-state index in [0.29, 0.717) is 13.0 Å². The zero-order valence-electron chi connectivity index (χ0n) is 14.1. The molecule has 5 atom stereocenters. The molecule has 0 unspecified atom stereocenters. The van der Waals surface area contributed by atoms with Gasteiger partial charge in [0, 0.05) is 6.42 Å². The molecule has 2 aliphatic rings. The van der Waals surface area contributed by atoms with Crippen LogP contribution in [0.5, 0.6) is 0 Å². The molecule has 0 aliphatic carbocycles. The van der Waals surface area contributed by atoms with Crippen molar-refractivity contribution in [3.63, 3.8) is 0 Å². The van der Waals surface area contributed by atoms with Crippen molar-refractivity contribution in [3.05, 3.63) is 48.0 Å². The van der Waals surface area contributed by atoms with Crippen molar-refractivity contribution >= 4 is 0 Å². The predicted octanol–water partition coefficient (Wildman–Crippen LogP) is 3.77. The molecule has 3 rings (SSSR count). The maximum absolute atomic E-state index is 9.12. The number of nitriles is 1. The van der Waals surface area contributed by atoms with Gasteiger partial charge in [0.2, 0.25) is 0 Å². The highest BCUT2D eigenvalue weighted by Gasteiger charge is 2.38. The van der Waals surface area contributed by atoms with Gasteiger partial charge in [0.05, 0.1) is 37.1 Å². The summed E-state index contributed by atoms with van der Waals surface area (Å²) in [5.74, 6) is 0. The Morgan fingerprint density at radius 3 is 2.67 bits per heavy atom. The lowest BCUT2D eigenvalue weighted by molar-refractivity contribution is -0.119. The lowest BCUT2D eigenvalue weighted by atomic mass is 10.1. The Kier molecular flexibility index (Phi) is 6.03. The Balaban J connectivity index is 1.66. The number of hydrogen-bond acceptors (Lipinski definition) is 4. The summed E-state index contributed by atoms with van der Waals surface area (Å²) in [6.07, 6.45) is 7.11. The van der Waals surface area contributed by atoms with Gasteiger partial charge < -0.3 is 14.2 Å². The van der Waals surface area contributed by atoms with Crippen LogP contribution in [-0.2, 0) is 20.8 Å². The molecule has 4 heteroatoms. The van der Waals surface area contributed by atoms with Crippen LogP contribution in [0.25, 0.3) is 0 Å². The van der Waals surface area contributed by atoms with E-state index in [4.69, 9.17) is 19.5 Å². The summed E-state index contributed by atoms with van der Waals surface area (Å²) in [6, 6.07) is 12.4. The van der Waals surface area contributed by atoms with Crippen LogP contribution in [0, 0.1) is 11.3 Å². The van der Waals surface area contributed by atoms with Gasteiger partial charge in [-0.25, -0.2) is 0 Å². The molecule has 0 amide bonds. The molecule has 1 saturated heterocycles. The number of hydrogen-bond donors (Lipinski definition) is 0. The van der Waals surface area contributed by atoms with E-state index in [1.54, 1.807) is 0 Å². The van der Waals surface area contributed by atoms with Crippen LogP contribution in [0.15, 0.2) is 42.5 Å². The fraction of sp³-hybridized carbons (Fsp3) is 0.550. The minimum absolute atomic E-state index is 0.0185. The number of fused-ring (bicyclic) bond motifs is 1. The van der Waals surface area contributed by atoms with Crippen molar-refractivity contribution in [2.24, 2.45) is 0 Å². The molecule has 0 N–H and O–H groups in total. The van der Waals surface area contributed by atoms with Crippen molar-refractivity contribution in [2.45, 2.75) is 69.7 Å². The Morgan fingerprint density at radius 1 is 1.12 bits per heavy atom. The van der Waals surface area contributed by atoms with E-state index >= 15 is 0 Å². The summed E-state index contributed by atoms with van der Waals surface area (Å²) >= 11 is 0. The van der Waals surface area contributed by atoms with Crippen molar-refractivity contribution in [2.75, 3.05) is 0 Å². The molecule has 128 valence electrons. The first-order valence-corrected chi connectivity index (χ1v) is 8.81. The van der Waals surface area contributed by atoms with Gasteiger partial charge in [-0.1, -0.05) is 49.4 Å². The molecule has 24 heavy (non-hydrogen) atoms. The average Bonchev–Trinajstić information content (AvgIpc) is 3.04. The molecule has 1 aromatic carbocycles. The van der Waals surface area contributed by atoms with E-state index in [1.165, 1.54) is 5.56 Å².